The van der Waals surface area contributed by atoms with E-state index in [1.54, 1.807) is 12.1 Å². The maximum atomic E-state index is 12.9. The quantitative estimate of drug-likeness (QED) is 0.263. The van der Waals surface area contributed by atoms with Crippen LogP contribution >= 0.6 is 0 Å². The highest BCUT2D eigenvalue weighted by atomic mass is 16.5. The second-order valence-corrected chi connectivity index (χ2v) is 8.73. The first kappa shape index (κ1) is 25.8. The van der Waals surface area contributed by atoms with Crippen LogP contribution in [0.5, 0.6) is 11.5 Å². The van der Waals surface area contributed by atoms with Crippen molar-refractivity contribution in [2.75, 3.05) is 5.32 Å². The summed E-state index contributed by atoms with van der Waals surface area (Å²) in [5.41, 5.74) is 7.46. The number of hydrogen-bond donors (Lipinski definition) is 3. The minimum Gasteiger partial charge on any atom is -0.457 e. The zero-order valence-electron chi connectivity index (χ0n) is 20.5. The largest absolute Gasteiger partial charge is 0.457 e. The van der Waals surface area contributed by atoms with Gasteiger partial charge in [0.05, 0.1) is 6.04 Å². The normalized spacial score (nSPS) is 12.4. The van der Waals surface area contributed by atoms with Crippen LogP contribution in [0.1, 0.15) is 67.9 Å². The third kappa shape index (κ3) is 8.18. The van der Waals surface area contributed by atoms with Gasteiger partial charge in [-0.15, -0.1) is 0 Å². The van der Waals surface area contributed by atoms with E-state index in [2.05, 4.69) is 24.5 Å². The summed E-state index contributed by atoms with van der Waals surface area (Å²) in [6.45, 7) is 4.38. The van der Waals surface area contributed by atoms with Gasteiger partial charge in [0.25, 0.3) is 0 Å². The summed E-state index contributed by atoms with van der Waals surface area (Å²) in [5, 5.41) is 6.05. The lowest BCUT2D eigenvalue weighted by molar-refractivity contribution is 0.1000. The Bertz CT molecular complexity index is 1070. The number of carbonyl (C=O) groups excluding carboxylic acids is 2. The molecule has 0 aliphatic rings. The summed E-state index contributed by atoms with van der Waals surface area (Å²) in [4.78, 5) is 24.4. The number of hydrogen-bond acceptors (Lipinski definition) is 3. The summed E-state index contributed by atoms with van der Waals surface area (Å²) in [6, 6.07) is 23.5. The molecule has 6 nitrogen and oxygen atoms in total. The zero-order valence-corrected chi connectivity index (χ0v) is 20.5. The minimum absolute atomic E-state index is 0.181. The van der Waals surface area contributed by atoms with Crippen molar-refractivity contribution < 1.29 is 14.3 Å². The Morgan fingerprint density at radius 1 is 0.886 bits per heavy atom. The van der Waals surface area contributed by atoms with E-state index in [1.807, 2.05) is 66.7 Å². The number of unbranched alkanes of at least 4 members (excludes halogenated alkanes) is 1. The van der Waals surface area contributed by atoms with E-state index < -0.39 is 5.91 Å². The highest BCUT2D eigenvalue weighted by Crippen LogP contribution is 2.28. The van der Waals surface area contributed by atoms with Gasteiger partial charge in [-0.25, -0.2) is 4.79 Å². The molecule has 6 heteroatoms. The van der Waals surface area contributed by atoms with Gasteiger partial charge in [-0.3, -0.25) is 4.79 Å². The Morgan fingerprint density at radius 3 is 2.14 bits per heavy atom. The summed E-state index contributed by atoms with van der Waals surface area (Å²) < 4.78 is 5.81. The molecule has 3 aromatic carbocycles. The molecule has 0 aliphatic heterocycles. The first-order valence-electron chi connectivity index (χ1n) is 12.3. The number of nitrogens with two attached hydrogens (primary N) is 1. The molecule has 0 heterocycles. The van der Waals surface area contributed by atoms with Crippen molar-refractivity contribution in [3.05, 3.63) is 90.0 Å². The SMILES string of the molecule is CCCCC(CC)CC(NC(=O)Nc1ccc(Oc2ccccc2)cc1)c1ccc(C(N)=O)cc1. The highest BCUT2D eigenvalue weighted by Gasteiger charge is 2.20. The smallest absolute Gasteiger partial charge is 0.319 e. The molecule has 3 rings (SSSR count). The van der Waals surface area contributed by atoms with Crippen LogP contribution in [0.4, 0.5) is 10.5 Å². The average Bonchev–Trinajstić information content (AvgIpc) is 2.87. The molecule has 0 bridgehead atoms. The molecule has 3 amide bonds. The number of ether oxygens (including phenoxy) is 1. The second-order valence-electron chi connectivity index (χ2n) is 8.73. The van der Waals surface area contributed by atoms with E-state index in [4.69, 9.17) is 10.5 Å². The molecule has 2 atom stereocenters. The molecule has 0 aliphatic carbocycles. The zero-order chi connectivity index (χ0) is 25.0. The molecule has 0 aromatic heterocycles. The van der Waals surface area contributed by atoms with Gasteiger partial charge in [0, 0.05) is 11.3 Å². The predicted molar refractivity (Wildman–Crippen MR) is 141 cm³/mol. The van der Waals surface area contributed by atoms with E-state index >= 15 is 0 Å². The highest BCUT2D eigenvalue weighted by molar-refractivity contribution is 5.93. The minimum atomic E-state index is -0.465. The number of anilines is 1. The number of primary amides is 1. The molecule has 0 radical (unpaired) electrons. The number of nitrogens with one attached hydrogen (secondary N) is 2. The third-order valence-corrected chi connectivity index (χ3v) is 6.11. The molecule has 4 N–H and O–H groups in total. The van der Waals surface area contributed by atoms with Crippen LogP contribution in [-0.2, 0) is 0 Å². The molecule has 0 fully saturated rings. The van der Waals surface area contributed by atoms with E-state index in [-0.39, 0.29) is 12.1 Å². The van der Waals surface area contributed by atoms with Crippen LogP contribution in [0.25, 0.3) is 0 Å². The molecule has 35 heavy (non-hydrogen) atoms. The summed E-state index contributed by atoms with van der Waals surface area (Å²) in [6.07, 6.45) is 5.29. The van der Waals surface area contributed by atoms with Gasteiger partial charge in [-0.05, 0) is 66.4 Å². The van der Waals surface area contributed by atoms with Gasteiger partial charge < -0.3 is 21.1 Å². The number of carbonyl (C=O) groups is 2. The van der Waals surface area contributed by atoms with E-state index in [9.17, 15) is 9.59 Å². The van der Waals surface area contributed by atoms with Crippen molar-refractivity contribution in [3.8, 4) is 11.5 Å². The van der Waals surface area contributed by atoms with Crippen molar-refractivity contribution >= 4 is 17.6 Å². The van der Waals surface area contributed by atoms with Gasteiger partial charge in [-0.2, -0.15) is 0 Å². The lowest BCUT2D eigenvalue weighted by Crippen LogP contribution is -2.33. The molecule has 2 unspecified atom stereocenters. The maximum absolute atomic E-state index is 12.9. The van der Waals surface area contributed by atoms with Crippen LogP contribution in [0, 0.1) is 5.92 Å². The summed E-state index contributed by atoms with van der Waals surface area (Å²) in [7, 11) is 0. The number of amides is 3. The third-order valence-electron chi connectivity index (χ3n) is 6.11. The van der Waals surface area contributed by atoms with Crippen LogP contribution < -0.4 is 21.1 Å². The number of urea groups is 1. The average molecular weight is 474 g/mol. The summed E-state index contributed by atoms with van der Waals surface area (Å²) in [5.74, 6) is 1.47. The monoisotopic (exact) mass is 473 g/mol. The number of benzene rings is 3. The first-order valence-corrected chi connectivity index (χ1v) is 12.3. The van der Waals surface area contributed by atoms with Crippen LogP contribution in [-0.4, -0.2) is 11.9 Å². The maximum Gasteiger partial charge on any atom is 0.319 e. The fourth-order valence-corrected chi connectivity index (χ4v) is 4.03. The summed E-state index contributed by atoms with van der Waals surface area (Å²) >= 11 is 0. The van der Waals surface area contributed by atoms with Gasteiger partial charge in [0.1, 0.15) is 11.5 Å². The Kier molecular flexibility index (Phi) is 9.72. The van der Waals surface area contributed by atoms with E-state index in [0.29, 0.717) is 22.9 Å². The van der Waals surface area contributed by atoms with Crippen molar-refractivity contribution in [1.82, 2.24) is 5.32 Å². The van der Waals surface area contributed by atoms with Gasteiger partial charge in [0.2, 0.25) is 5.91 Å². The Hall–Kier alpha value is -3.80. The van der Waals surface area contributed by atoms with Gasteiger partial charge >= 0.3 is 6.03 Å². The fraction of sp³-hybridized carbons (Fsp3) is 0.310. The predicted octanol–water partition coefficient (Wildman–Crippen LogP) is 7.05. The van der Waals surface area contributed by atoms with Crippen molar-refractivity contribution in [1.29, 1.82) is 0 Å². The van der Waals surface area contributed by atoms with Gasteiger partial charge in [-0.1, -0.05) is 69.9 Å². The number of para-hydroxylation sites is 1. The van der Waals surface area contributed by atoms with Crippen LogP contribution in [0.3, 0.4) is 0 Å². The Labute approximate surface area is 207 Å². The van der Waals surface area contributed by atoms with Crippen molar-refractivity contribution in [2.45, 2.75) is 52.0 Å². The van der Waals surface area contributed by atoms with E-state index in [0.717, 1.165) is 43.4 Å². The van der Waals surface area contributed by atoms with E-state index in [1.165, 1.54) is 0 Å². The lowest BCUT2D eigenvalue weighted by atomic mass is 9.89. The Balaban J connectivity index is 1.67. The van der Waals surface area contributed by atoms with Crippen LogP contribution in [0.15, 0.2) is 78.9 Å². The molecule has 0 saturated heterocycles. The standard InChI is InChI=1S/C29H35N3O3/c1-3-5-9-21(4-2)20-27(22-12-14-23(15-13-22)28(30)33)32-29(34)31-24-16-18-26(19-17-24)35-25-10-7-6-8-11-25/h6-8,10-19,21,27H,3-5,9,20H2,1-2H3,(H2,30,33)(H2,31,32,34). The Morgan fingerprint density at radius 2 is 1.54 bits per heavy atom. The molecular weight excluding hydrogens is 438 g/mol. The number of rotatable bonds is 12. The fourth-order valence-electron chi connectivity index (χ4n) is 4.03. The van der Waals surface area contributed by atoms with Crippen molar-refractivity contribution in [3.63, 3.8) is 0 Å². The molecule has 3 aromatic rings. The topological polar surface area (TPSA) is 93.4 Å². The van der Waals surface area contributed by atoms with Crippen molar-refractivity contribution in [2.24, 2.45) is 11.7 Å². The molecule has 0 saturated carbocycles. The molecular formula is C29H35N3O3. The van der Waals surface area contributed by atoms with Crippen LogP contribution in [0.2, 0.25) is 0 Å². The first-order chi connectivity index (χ1) is 17.0. The molecule has 184 valence electrons. The lowest BCUT2D eigenvalue weighted by Gasteiger charge is -2.25. The second kappa shape index (κ2) is 13.2. The van der Waals surface area contributed by atoms with Gasteiger partial charge in [0.15, 0.2) is 0 Å². The molecule has 0 spiro atoms.